The van der Waals surface area contributed by atoms with Crippen molar-refractivity contribution >= 4 is 51.5 Å². The van der Waals surface area contributed by atoms with Crippen molar-refractivity contribution in [1.29, 1.82) is 0 Å². The molecule has 1 N–H and O–H groups in total. The Balaban J connectivity index is 1.52. The number of amides is 1. The van der Waals surface area contributed by atoms with Gasteiger partial charge >= 0.3 is 5.97 Å². The number of benzene rings is 3. The van der Waals surface area contributed by atoms with E-state index in [0.717, 1.165) is 16.3 Å². The first kappa shape index (κ1) is 23.6. The van der Waals surface area contributed by atoms with E-state index in [-0.39, 0.29) is 12.2 Å². The maximum absolute atomic E-state index is 12.9. The first-order chi connectivity index (χ1) is 16.3. The van der Waals surface area contributed by atoms with Gasteiger partial charge in [-0.25, -0.2) is 4.79 Å². The summed E-state index contributed by atoms with van der Waals surface area (Å²) in [6.07, 6.45) is 0. The van der Waals surface area contributed by atoms with Gasteiger partial charge in [-0.05, 0) is 55.0 Å². The Morgan fingerprint density at radius 3 is 2.47 bits per heavy atom. The van der Waals surface area contributed by atoms with E-state index in [1.807, 2.05) is 31.2 Å². The molecule has 4 rings (SSSR count). The summed E-state index contributed by atoms with van der Waals surface area (Å²) in [7, 11) is 0. The Hall–Kier alpha value is -3.55. The molecule has 0 unspecified atom stereocenters. The lowest BCUT2D eigenvalue weighted by atomic mass is 10.1. The highest BCUT2D eigenvalue weighted by atomic mass is 35.5. The molecule has 1 heterocycles. The minimum Gasteiger partial charge on any atom is -0.488 e. The highest BCUT2D eigenvalue weighted by Crippen LogP contribution is 2.29. The number of nitrogens with one attached hydrogen (secondary N) is 1. The van der Waals surface area contributed by atoms with Gasteiger partial charge in [0.05, 0.1) is 22.0 Å². The molecule has 0 radical (unpaired) electrons. The Kier molecular flexibility index (Phi) is 7.05. The van der Waals surface area contributed by atoms with E-state index in [1.165, 1.54) is 6.07 Å². The zero-order valence-corrected chi connectivity index (χ0v) is 19.9. The summed E-state index contributed by atoms with van der Waals surface area (Å²) in [5.41, 5.74) is 2.02. The number of hydrogen-bond acceptors (Lipinski definition) is 6. The fraction of sp³-hybridized carbons (Fsp3) is 0.160. The van der Waals surface area contributed by atoms with Crippen LogP contribution in [0.5, 0.6) is 5.75 Å². The molecule has 0 atom stereocenters. The second-order valence-electron chi connectivity index (χ2n) is 7.54. The van der Waals surface area contributed by atoms with Crippen LogP contribution in [0.1, 0.15) is 27.4 Å². The van der Waals surface area contributed by atoms with Crippen molar-refractivity contribution in [2.45, 2.75) is 20.5 Å². The topological polar surface area (TPSA) is 90.7 Å². The van der Waals surface area contributed by atoms with Gasteiger partial charge in [0.25, 0.3) is 5.91 Å². The van der Waals surface area contributed by atoms with Gasteiger partial charge in [0.1, 0.15) is 23.7 Å². The number of halogens is 2. The van der Waals surface area contributed by atoms with Gasteiger partial charge in [0.15, 0.2) is 6.61 Å². The minimum absolute atomic E-state index is 0.160. The molecule has 0 aliphatic heterocycles. The molecule has 0 aliphatic rings. The predicted octanol–water partition coefficient (Wildman–Crippen LogP) is 6.13. The number of fused-ring (bicyclic) bond motifs is 1. The minimum atomic E-state index is -0.702. The Bertz CT molecular complexity index is 1360. The third-order valence-corrected chi connectivity index (χ3v) is 5.72. The molecule has 1 aromatic heterocycles. The van der Waals surface area contributed by atoms with Crippen molar-refractivity contribution in [3.05, 3.63) is 87.2 Å². The van der Waals surface area contributed by atoms with Crippen LogP contribution >= 0.6 is 23.2 Å². The quantitative estimate of drug-likeness (QED) is 0.308. The van der Waals surface area contributed by atoms with Gasteiger partial charge in [-0.2, -0.15) is 0 Å². The van der Waals surface area contributed by atoms with E-state index in [1.54, 1.807) is 31.2 Å². The third-order valence-electron chi connectivity index (χ3n) is 5.16. The fourth-order valence-electron chi connectivity index (χ4n) is 3.34. The molecule has 1 amide bonds. The number of rotatable bonds is 7. The Labute approximate surface area is 205 Å². The zero-order valence-electron chi connectivity index (χ0n) is 18.4. The molecule has 9 heteroatoms. The Morgan fingerprint density at radius 1 is 1.03 bits per heavy atom. The Morgan fingerprint density at radius 2 is 1.76 bits per heavy atom. The molecule has 0 fully saturated rings. The number of aryl methyl sites for hydroxylation is 2. The average Bonchev–Trinajstić information content (AvgIpc) is 3.14. The monoisotopic (exact) mass is 498 g/mol. The lowest BCUT2D eigenvalue weighted by Gasteiger charge is -2.13. The zero-order chi connectivity index (χ0) is 24.2. The largest absolute Gasteiger partial charge is 0.488 e. The molecule has 0 bridgehead atoms. The van der Waals surface area contributed by atoms with Crippen molar-refractivity contribution in [1.82, 2.24) is 5.16 Å². The molecule has 0 saturated carbocycles. The molecule has 0 spiro atoms. The molecular formula is C25H20Cl2N2O5. The molecule has 7 nitrogen and oxygen atoms in total. The van der Waals surface area contributed by atoms with Gasteiger partial charge in [0, 0.05) is 5.02 Å². The first-order valence-corrected chi connectivity index (χ1v) is 11.1. The van der Waals surface area contributed by atoms with Gasteiger partial charge < -0.3 is 19.3 Å². The molecule has 0 saturated heterocycles. The molecule has 0 aliphatic carbocycles. The third kappa shape index (κ3) is 5.32. The van der Waals surface area contributed by atoms with Crippen molar-refractivity contribution in [2.24, 2.45) is 0 Å². The number of carbonyl (C=O) groups is 2. The van der Waals surface area contributed by atoms with Crippen LogP contribution in [-0.2, 0) is 16.1 Å². The summed E-state index contributed by atoms with van der Waals surface area (Å²) >= 11 is 12.0. The van der Waals surface area contributed by atoms with Crippen LogP contribution in [0.15, 0.2) is 59.1 Å². The number of nitrogens with zero attached hydrogens (tertiary/aromatic N) is 1. The summed E-state index contributed by atoms with van der Waals surface area (Å²) < 4.78 is 16.4. The lowest BCUT2D eigenvalue weighted by Crippen LogP contribution is -2.21. The van der Waals surface area contributed by atoms with Gasteiger partial charge in [-0.3, -0.25) is 4.79 Å². The van der Waals surface area contributed by atoms with Crippen molar-refractivity contribution < 1.29 is 23.6 Å². The van der Waals surface area contributed by atoms with Crippen molar-refractivity contribution in [3.63, 3.8) is 0 Å². The van der Waals surface area contributed by atoms with Gasteiger partial charge in [-0.15, -0.1) is 0 Å². The number of anilines is 1. The van der Waals surface area contributed by atoms with Gasteiger partial charge in [0.2, 0.25) is 0 Å². The van der Waals surface area contributed by atoms with Crippen LogP contribution in [0, 0.1) is 13.8 Å². The van der Waals surface area contributed by atoms with E-state index < -0.39 is 18.5 Å². The van der Waals surface area contributed by atoms with E-state index >= 15 is 0 Å². The predicted molar refractivity (Wildman–Crippen MR) is 130 cm³/mol. The van der Waals surface area contributed by atoms with Crippen LogP contribution < -0.4 is 10.1 Å². The second kappa shape index (κ2) is 10.2. The van der Waals surface area contributed by atoms with Crippen LogP contribution in [0.3, 0.4) is 0 Å². The standard InChI is InChI=1S/C25H20Cl2N2O5/c1-14-20(15(2)34-29-14)12-32-23-10-17-6-4-3-5-16(17)9-19(23)25(31)33-13-24(30)28-22-11-18(26)7-8-21(22)27/h3-11H,12-13H2,1-2H3,(H,28,30). The summed E-state index contributed by atoms with van der Waals surface area (Å²) in [5.74, 6) is -0.302. The highest BCUT2D eigenvalue weighted by molar-refractivity contribution is 6.35. The van der Waals surface area contributed by atoms with Crippen LogP contribution in [0.4, 0.5) is 5.69 Å². The number of esters is 1. The summed E-state index contributed by atoms with van der Waals surface area (Å²) in [6.45, 7) is 3.25. The molecule has 34 heavy (non-hydrogen) atoms. The SMILES string of the molecule is Cc1noc(C)c1COc1cc2ccccc2cc1C(=O)OCC(=O)Nc1cc(Cl)ccc1Cl. The van der Waals surface area contributed by atoms with E-state index in [2.05, 4.69) is 10.5 Å². The first-order valence-electron chi connectivity index (χ1n) is 10.3. The van der Waals surface area contributed by atoms with E-state index in [0.29, 0.717) is 32.9 Å². The summed E-state index contributed by atoms with van der Waals surface area (Å²) in [5, 5.41) is 8.94. The molecule has 174 valence electrons. The maximum atomic E-state index is 12.9. The fourth-order valence-corrected chi connectivity index (χ4v) is 3.68. The van der Waals surface area contributed by atoms with Crippen LogP contribution in [-0.4, -0.2) is 23.6 Å². The number of carbonyl (C=O) groups excluding carboxylic acids is 2. The number of ether oxygens (including phenoxy) is 2. The number of aromatic nitrogens is 1. The molecule has 4 aromatic rings. The number of hydrogen-bond donors (Lipinski definition) is 1. The normalized spacial score (nSPS) is 10.8. The van der Waals surface area contributed by atoms with Crippen LogP contribution in [0.25, 0.3) is 10.8 Å². The lowest BCUT2D eigenvalue weighted by molar-refractivity contribution is -0.119. The average molecular weight is 499 g/mol. The molecule has 3 aromatic carbocycles. The molecular weight excluding hydrogens is 479 g/mol. The highest BCUT2D eigenvalue weighted by Gasteiger charge is 2.19. The summed E-state index contributed by atoms with van der Waals surface area (Å²) in [6, 6.07) is 15.6. The van der Waals surface area contributed by atoms with E-state index in [9.17, 15) is 9.59 Å². The van der Waals surface area contributed by atoms with Crippen molar-refractivity contribution in [3.8, 4) is 5.75 Å². The summed E-state index contributed by atoms with van der Waals surface area (Å²) in [4.78, 5) is 25.2. The van der Waals surface area contributed by atoms with Gasteiger partial charge in [-0.1, -0.05) is 52.6 Å². The van der Waals surface area contributed by atoms with E-state index in [4.69, 9.17) is 37.2 Å². The maximum Gasteiger partial charge on any atom is 0.342 e. The smallest absolute Gasteiger partial charge is 0.342 e. The van der Waals surface area contributed by atoms with Crippen molar-refractivity contribution in [2.75, 3.05) is 11.9 Å². The second-order valence-corrected chi connectivity index (χ2v) is 8.38. The van der Waals surface area contributed by atoms with Crippen LogP contribution in [0.2, 0.25) is 10.0 Å².